The van der Waals surface area contributed by atoms with Crippen molar-refractivity contribution in [2.45, 2.75) is 137 Å². The molecule has 0 heterocycles. The van der Waals surface area contributed by atoms with Crippen LogP contribution in [0.1, 0.15) is 119 Å². The normalized spacial score (nSPS) is 22.9. The number of hydrogen-bond acceptors (Lipinski definition) is 5. The van der Waals surface area contributed by atoms with E-state index in [1.165, 1.54) is 51.2 Å². The van der Waals surface area contributed by atoms with Crippen LogP contribution in [0.15, 0.2) is 29.8 Å². The van der Waals surface area contributed by atoms with Gasteiger partial charge in [-0.3, -0.25) is 0 Å². The number of rotatable bonds is 20. The van der Waals surface area contributed by atoms with Crippen molar-refractivity contribution >= 4 is 0 Å². The Labute approximate surface area is 245 Å². The molecule has 1 fully saturated rings. The molecule has 0 aliphatic heterocycles. The first kappa shape index (κ1) is 34.6. The van der Waals surface area contributed by atoms with E-state index in [2.05, 4.69) is 61.5 Å². The summed E-state index contributed by atoms with van der Waals surface area (Å²) >= 11 is 0. The fraction of sp³-hybridized carbons (Fsp3) is 0.771. The van der Waals surface area contributed by atoms with Crippen molar-refractivity contribution in [1.82, 2.24) is 0 Å². The number of hydrogen-bond donors (Lipinski definition) is 2. The molecule has 40 heavy (non-hydrogen) atoms. The molecular weight excluding hydrogens is 500 g/mol. The largest absolute Gasteiger partial charge is 0.504 e. The number of phenolic OH excluding ortho intramolecular Hbond substituents is 1. The molecule has 2 N–H and O–H groups in total. The number of aliphatic hydroxyl groups excluding tert-OH is 1. The summed E-state index contributed by atoms with van der Waals surface area (Å²) in [5, 5.41) is 20.4. The summed E-state index contributed by atoms with van der Waals surface area (Å²) < 4.78 is 17.8. The van der Waals surface area contributed by atoms with Gasteiger partial charge in [-0.05, 0) is 115 Å². The number of ether oxygens (including phenoxy) is 3. The predicted molar refractivity (Wildman–Crippen MR) is 166 cm³/mol. The minimum Gasteiger partial charge on any atom is -0.504 e. The lowest BCUT2D eigenvalue weighted by molar-refractivity contribution is -0.0529. The highest BCUT2D eigenvalue weighted by atomic mass is 16.5. The van der Waals surface area contributed by atoms with Crippen molar-refractivity contribution in [3.05, 3.63) is 35.4 Å². The predicted octanol–water partition coefficient (Wildman–Crippen LogP) is 8.64. The van der Waals surface area contributed by atoms with E-state index in [0.717, 1.165) is 25.0 Å². The van der Waals surface area contributed by atoms with Crippen molar-refractivity contribution in [2.75, 3.05) is 20.3 Å². The Balaban J connectivity index is 1.61. The van der Waals surface area contributed by atoms with Gasteiger partial charge in [0.05, 0.1) is 24.4 Å². The Morgan fingerprint density at radius 3 is 2.40 bits per heavy atom. The van der Waals surface area contributed by atoms with Crippen LogP contribution in [-0.2, 0) is 15.9 Å². The molecule has 1 aromatic rings. The zero-order valence-electron chi connectivity index (χ0n) is 27.1. The van der Waals surface area contributed by atoms with E-state index in [9.17, 15) is 10.2 Å². The average molecular weight is 561 g/mol. The number of aliphatic hydroxyl groups is 1. The zero-order valence-corrected chi connectivity index (χ0v) is 27.1. The first-order valence-corrected chi connectivity index (χ1v) is 15.6. The van der Waals surface area contributed by atoms with E-state index >= 15 is 0 Å². The lowest BCUT2D eigenvalue weighted by Crippen LogP contribution is -2.31. The summed E-state index contributed by atoms with van der Waals surface area (Å²) in [5.74, 6) is 1.86. The maximum absolute atomic E-state index is 10.7. The molecule has 0 aromatic heterocycles. The van der Waals surface area contributed by atoms with Gasteiger partial charge in [-0.15, -0.1) is 0 Å². The molecule has 2 rings (SSSR count). The molecule has 1 aromatic carbocycles. The summed E-state index contributed by atoms with van der Waals surface area (Å²) in [6.45, 7) is 19.4. The fourth-order valence-corrected chi connectivity index (χ4v) is 5.91. The Morgan fingerprint density at radius 1 is 1.05 bits per heavy atom. The lowest BCUT2D eigenvalue weighted by atomic mass is 9.92. The van der Waals surface area contributed by atoms with E-state index in [1.807, 2.05) is 6.07 Å². The molecule has 1 aliphatic carbocycles. The van der Waals surface area contributed by atoms with Gasteiger partial charge in [0.1, 0.15) is 0 Å². The first-order valence-electron chi connectivity index (χ1n) is 15.6. The Bertz CT molecular complexity index is 920. The van der Waals surface area contributed by atoms with Gasteiger partial charge < -0.3 is 24.4 Å². The summed E-state index contributed by atoms with van der Waals surface area (Å²) in [5.41, 5.74) is 2.31. The monoisotopic (exact) mass is 560 g/mol. The van der Waals surface area contributed by atoms with Gasteiger partial charge in [0, 0.05) is 19.6 Å². The van der Waals surface area contributed by atoms with E-state index in [1.54, 1.807) is 12.1 Å². The summed E-state index contributed by atoms with van der Waals surface area (Å²) in [6.07, 6.45) is 12.3. The third-order valence-electron chi connectivity index (χ3n) is 9.09. The molecule has 0 saturated heterocycles. The van der Waals surface area contributed by atoms with E-state index in [0.29, 0.717) is 42.4 Å². The summed E-state index contributed by atoms with van der Waals surface area (Å²) in [6, 6.07) is 5.21. The van der Waals surface area contributed by atoms with Crippen molar-refractivity contribution in [3.8, 4) is 11.5 Å². The van der Waals surface area contributed by atoms with Crippen molar-refractivity contribution in [3.63, 3.8) is 0 Å². The minimum absolute atomic E-state index is 0.0507. The molecule has 5 nitrogen and oxygen atoms in total. The topological polar surface area (TPSA) is 68.2 Å². The number of methoxy groups -OCH3 is 1. The Morgan fingerprint density at radius 2 is 1.73 bits per heavy atom. The smallest absolute Gasteiger partial charge is 0.160 e. The van der Waals surface area contributed by atoms with Crippen LogP contribution in [0, 0.1) is 17.3 Å². The van der Waals surface area contributed by atoms with Gasteiger partial charge in [0.25, 0.3) is 0 Å². The van der Waals surface area contributed by atoms with Crippen LogP contribution < -0.4 is 4.74 Å². The molecule has 0 spiro atoms. The third kappa shape index (κ3) is 11.7. The van der Waals surface area contributed by atoms with Crippen LogP contribution in [-0.4, -0.2) is 47.8 Å². The third-order valence-corrected chi connectivity index (χ3v) is 9.09. The van der Waals surface area contributed by atoms with Gasteiger partial charge in [-0.1, -0.05) is 51.3 Å². The first-order chi connectivity index (χ1) is 18.7. The second-order valence-electron chi connectivity index (χ2n) is 14.0. The molecule has 5 unspecified atom stereocenters. The van der Waals surface area contributed by atoms with Crippen LogP contribution in [0.4, 0.5) is 0 Å². The SMILES string of the molecule is COc1cc(CC(O)CC(C)(C)OCCC(C)CCCC2(C)CC2(C)OCCC(C)CCC=C(C)C)ccc1O. The van der Waals surface area contributed by atoms with Crippen molar-refractivity contribution in [1.29, 1.82) is 0 Å². The van der Waals surface area contributed by atoms with Crippen LogP contribution in [0.5, 0.6) is 11.5 Å². The van der Waals surface area contributed by atoms with Gasteiger partial charge in [-0.25, -0.2) is 0 Å². The summed E-state index contributed by atoms with van der Waals surface area (Å²) in [7, 11) is 1.53. The van der Waals surface area contributed by atoms with Crippen LogP contribution >= 0.6 is 0 Å². The average Bonchev–Trinajstić information content (AvgIpc) is 3.38. The second kappa shape index (κ2) is 15.6. The van der Waals surface area contributed by atoms with Crippen LogP contribution in [0.2, 0.25) is 0 Å². The number of aromatic hydroxyl groups is 1. The molecule has 0 bridgehead atoms. The number of allylic oxidation sites excluding steroid dienone is 2. The number of benzene rings is 1. The fourth-order valence-electron chi connectivity index (χ4n) is 5.91. The van der Waals surface area contributed by atoms with Crippen molar-refractivity contribution < 1.29 is 24.4 Å². The Kier molecular flexibility index (Phi) is 13.5. The van der Waals surface area contributed by atoms with Gasteiger partial charge in [0.15, 0.2) is 11.5 Å². The van der Waals surface area contributed by atoms with E-state index in [-0.39, 0.29) is 11.4 Å². The van der Waals surface area contributed by atoms with Gasteiger partial charge in [-0.2, -0.15) is 0 Å². The van der Waals surface area contributed by atoms with Crippen LogP contribution in [0.25, 0.3) is 0 Å². The molecule has 0 amide bonds. The van der Waals surface area contributed by atoms with E-state index < -0.39 is 11.7 Å². The molecule has 5 atom stereocenters. The van der Waals surface area contributed by atoms with E-state index in [4.69, 9.17) is 14.2 Å². The minimum atomic E-state index is -0.525. The van der Waals surface area contributed by atoms with Gasteiger partial charge >= 0.3 is 0 Å². The molecule has 5 heteroatoms. The maximum atomic E-state index is 10.7. The summed E-state index contributed by atoms with van der Waals surface area (Å²) in [4.78, 5) is 0. The van der Waals surface area contributed by atoms with Crippen molar-refractivity contribution in [2.24, 2.45) is 17.3 Å². The van der Waals surface area contributed by atoms with Gasteiger partial charge in [0.2, 0.25) is 0 Å². The quantitative estimate of drug-likeness (QED) is 0.156. The maximum Gasteiger partial charge on any atom is 0.160 e. The molecule has 230 valence electrons. The standard InChI is InChI=1S/C35H60O5/c1-26(2)12-10-13-27(3)18-21-40-35(8)25-34(35,7)19-11-14-28(4)17-20-39-33(5,6)24-30(36)22-29-15-16-31(37)32(23-29)38-9/h12,15-16,23,27-28,30,36-37H,10-11,13-14,17-22,24-25H2,1-9H3. The molecular formula is C35H60O5. The second-order valence-corrected chi connectivity index (χ2v) is 14.0. The number of phenols is 1. The highest BCUT2D eigenvalue weighted by molar-refractivity contribution is 5.41. The highest BCUT2D eigenvalue weighted by Gasteiger charge is 2.61. The highest BCUT2D eigenvalue weighted by Crippen LogP contribution is 2.61. The van der Waals surface area contributed by atoms with Crippen LogP contribution in [0.3, 0.4) is 0 Å². The molecule has 1 saturated carbocycles. The molecule has 1 aliphatic rings. The zero-order chi connectivity index (χ0) is 30.0. The lowest BCUT2D eigenvalue weighted by Gasteiger charge is -2.29. The molecule has 0 radical (unpaired) electrons. The Hall–Kier alpha value is -1.56.